The Kier molecular flexibility index (Phi) is 5.81. The quantitative estimate of drug-likeness (QED) is 0.643. The highest BCUT2D eigenvalue weighted by atomic mass is 19.1. The average Bonchev–Trinajstić information content (AvgIpc) is 3.15. The van der Waals surface area contributed by atoms with E-state index in [1.165, 1.54) is 12.1 Å². The molecule has 0 aliphatic carbocycles. The van der Waals surface area contributed by atoms with E-state index < -0.39 is 0 Å². The number of carbonyl (C=O) groups is 1. The predicted octanol–water partition coefficient (Wildman–Crippen LogP) is 4.08. The van der Waals surface area contributed by atoms with E-state index in [4.69, 9.17) is 4.42 Å². The van der Waals surface area contributed by atoms with Gasteiger partial charge in [-0.05, 0) is 49.0 Å². The molecular weight excluding hydrogens is 331 g/mol. The van der Waals surface area contributed by atoms with Gasteiger partial charge in [-0.3, -0.25) is 9.69 Å². The first kappa shape index (κ1) is 17.9. The summed E-state index contributed by atoms with van der Waals surface area (Å²) in [5, 5.41) is 0. The summed E-state index contributed by atoms with van der Waals surface area (Å²) < 4.78 is 18.4. The Bertz CT molecular complexity index is 817. The van der Waals surface area contributed by atoms with Crippen LogP contribution >= 0.6 is 0 Å². The number of hydrogen-bond donors (Lipinski definition) is 0. The lowest BCUT2D eigenvalue weighted by atomic mass is 10.2. The SMILES string of the molecule is CN(CC(=O)N(Cc1ccco1)c1ccccc1)Cc1ccc(F)cc1. The highest BCUT2D eigenvalue weighted by Gasteiger charge is 2.19. The summed E-state index contributed by atoms with van der Waals surface area (Å²) in [5.74, 6) is 0.432. The molecule has 0 saturated heterocycles. The Hall–Kier alpha value is -2.92. The van der Waals surface area contributed by atoms with Gasteiger partial charge in [0.1, 0.15) is 11.6 Å². The van der Waals surface area contributed by atoms with E-state index in [0.717, 1.165) is 17.0 Å². The van der Waals surface area contributed by atoms with Gasteiger partial charge in [0.15, 0.2) is 0 Å². The topological polar surface area (TPSA) is 36.7 Å². The first-order chi connectivity index (χ1) is 12.6. The third-order valence-electron chi connectivity index (χ3n) is 4.03. The van der Waals surface area contributed by atoms with Crippen LogP contribution in [0.5, 0.6) is 0 Å². The second-order valence-electron chi connectivity index (χ2n) is 6.19. The Morgan fingerprint density at radius 2 is 1.69 bits per heavy atom. The molecule has 3 aromatic rings. The molecule has 5 heteroatoms. The van der Waals surface area contributed by atoms with Crippen LogP contribution in [0.3, 0.4) is 0 Å². The summed E-state index contributed by atoms with van der Waals surface area (Å²) in [4.78, 5) is 16.5. The van der Waals surface area contributed by atoms with Crippen molar-refractivity contribution in [3.05, 3.63) is 90.1 Å². The van der Waals surface area contributed by atoms with Crippen LogP contribution in [0, 0.1) is 5.82 Å². The lowest BCUT2D eigenvalue weighted by Crippen LogP contribution is -2.38. The van der Waals surface area contributed by atoms with Gasteiger partial charge in [-0.1, -0.05) is 30.3 Å². The van der Waals surface area contributed by atoms with Gasteiger partial charge in [0.05, 0.1) is 19.4 Å². The molecular formula is C21H21FN2O2. The van der Waals surface area contributed by atoms with Crippen molar-refractivity contribution >= 4 is 11.6 Å². The molecule has 0 atom stereocenters. The minimum Gasteiger partial charge on any atom is -0.467 e. The molecule has 134 valence electrons. The van der Waals surface area contributed by atoms with Crippen molar-refractivity contribution in [2.45, 2.75) is 13.1 Å². The van der Waals surface area contributed by atoms with Gasteiger partial charge in [0.25, 0.3) is 0 Å². The average molecular weight is 352 g/mol. The summed E-state index contributed by atoms with van der Waals surface area (Å²) >= 11 is 0. The number of nitrogens with zero attached hydrogens (tertiary/aromatic N) is 2. The first-order valence-electron chi connectivity index (χ1n) is 8.42. The third kappa shape index (κ3) is 4.80. The Morgan fingerprint density at radius 3 is 2.35 bits per heavy atom. The maximum atomic E-state index is 13.0. The molecule has 26 heavy (non-hydrogen) atoms. The third-order valence-corrected chi connectivity index (χ3v) is 4.03. The van der Waals surface area contributed by atoms with E-state index in [1.54, 1.807) is 23.3 Å². The molecule has 1 aromatic heterocycles. The molecule has 1 heterocycles. The van der Waals surface area contributed by atoms with Crippen LogP contribution < -0.4 is 4.90 Å². The lowest BCUT2D eigenvalue weighted by Gasteiger charge is -2.25. The lowest BCUT2D eigenvalue weighted by molar-refractivity contribution is -0.119. The molecule has 0 saturated carbocycles. The number of amides is 1. The van der Waals surface area contributed by atoms with E-state index in [0.29, 0.717) is 13.1 Å². The predicted molar refractivity (Wildman–Crippen MR) is 99.1 cm³/mol. The number of likely N-dealkylation sites (N-methyl/N-ethyl adjacent to an activating group) is 1. The summed E-state index contributed by atoms with van der Waals surface area (Å²) in [7, 11) is 1.87. The van der Waals surface area contributed by atoms with Gasteiger partial charge in [-0.25, -0.2) is 4.39 Å². The van der Waals surface area contributed by atoms with Crippen molar-refractivity contribution in [3.63, 3.8) is 0 Å². The summed E-state index contributed by atoms with van der Waals surface area (Å²) in [6.45, 7) is 1.18. The molecule has 4 nitrogen and oxygen atoms in total. The van der Waals surface area contributed by atoms with Gasteiger partial charge >= 0.3 is 0 Å². The van der Waals surface area contributed by atoms with Crippen LogP contribution in [0.4, 0.5) is 10.1 Å². The van der Waals surface area contributed by atoms with Gasteiger partial charge in [0.2, 0.25) is 5.91 Å². The number of furan rings is 1. The standard InChI is InChI=1S/C21H21FN2O2/c1-23(14-17-9-11-18(22)12-10-17)16-21(25)24(15-20-8-5-13-26-20)19-6-3-2-4-7-19/h2-13H,14-16H2,1H3. The number of anilines is 1. The molecule has 0 bridgehead atoms. The highest BCUT2D eigenvalue weighted by Crippen LogP contribution is 2.18. The maximum absolute atomic E-state index is 13.0. The second-order valence-corrected chi connectivity index (χ2v) is 6.19. The first-order valence-corrected chi connectivity index (χ1v) is 8.42. The van der Waals surface area contributed by atoms with Crippen molar-refractivity contribution in [2.24, 2.45) is 0 Å². The fourth-order valence-electron chi connectivity index (χ4n) is 2.76. The molecule has 3 rings (SSSR count). The van der Waals surface area contributed by atoms with Crippen molar-refractivity contribution in [2.75, 3.05) is 18.5 Å². The zero-order chi connectivity index (χ0) is 18.4. The molecule has 0 unspecified atom stereocenters. The van der Waals surface area contributed by atoms with Gasteiger partial charge in [-0.2, -0.15) is 0 Å². The molecule has 0 aliphatic heterocycles. The molecule has 2 aromatic carbocycles. The number of benzene rings is 2. The monoisotopic (exact) mass is 352 g/mol. The maximum Gasteiger partial charge on any atom is 0.241 e. The van der Waals surface area contributed by atoms with Gasteiger partial charge in [0, 0.05) is 12.2 Å². The summed E-state index contributed by atoms with van der Waals surface area (Å²) in [6.07, 6.45) is 1.60. The van der Waals surface area contributed by atoms with Crippen LogP contribution in [0.15, 0.2) is 77.4 Å². The van der Waals surface area contributed by atoms with E-state index >= 15 is 0 Å². The Labute approximate surface area is 152 Å². The molecule has 0 fully saturated rings. The Balaban J connectivity index is 1.69. The second kappa shape index (κ2) is 8.45. The van der Waals surface area contributed by atoms with Crippen LogP contribution in [0.1, 0.15) is 11.3 Å². The van der Waals surface area contributed by atoms with Crippen molar-refractivity contribution in [1.29, 1.82) is 0 Å². The zero-order valence-corrected chi connectivity index (χ0v) is 14.6. The number of para-hydroxylation sites is 1. The number of carbonyl (C=O) groups excluding carboxylic acids is 1. The van der Waals surface area contributed by atoms with E-state index in [2.05, 4.69) is 0 Å². The van der Waals surface area contributed by atoms with Crippen molar-refractivity contribution in [1.82, 2.24) is 4.90 Å². The van der Waals surface area contributed by atoms with Crippen molar-refractivity contribution in [3.8, 4) is 0 Å². The molecule has 0 aliphatic rings. The molecule has 0 spiro atoms. The largest absolute Gasteiger partial charge is 0.467 e. The Morgan fingerprint density at radius 1 is 0.962 bits per heavy atom. The molecule has 1 amide bonds. The smallest absolute Gasteiger partial charge is 0.241 e. The minimum atomic E-state index is -0.263. The number of hydrogen-bond acceptors (Lipinski definition) is 3. The van der Waals surface area contributed by atoms with E-state index in [9.17, 15) is 9.18 Å². The fourth-order valence-corrected chi connectivity index (χ4v) is 2.76. The number of halogens is 1. The highest BCUT2D eigenvalue weighted by molar-refractivity contribution is 5.94. The summed E-state index contributed by atoms with van der Waals surface area (Å²) in [5.41, 5.74) is 1.78. The minimum absolute atomic E-state index is 0.0304. The van der Waals surface area contributed by atoms with Crippen LogP contribution in [0.25, 0.3) is 0 Å². The summed E-state index contributed by atoms with van der Waals surface area (Å²) in [6, 6.07) is 19.5. The van der Waals surface area contributed by atoms with Gasteiger partial charge in [-0.15, -0.1) is 0 Å². The molecule has 0 N–H and O–H groups in total. The van der Waals surface area contributed by atoms with Crippen LogP contribution in [-0.4, -0.2) is 24.4 Å². The van der Waals surface area contributed by atoms with E-state index in [-0.39, 0.29) is 18.3 Å². The van der Waals surface area contributed by atoms with Crippen LogP contribution in [-0.2, 0) is 17.9 Å². The van der Waals surface area contributed by atoms with E-state index in [1.807, 2.05) is 54.4 Å². The normalized spacial score (nSPS) is 10.9. The number of rotatable bonds is 7. The van der Waals surface area contributed by atoms with Crippen molar-refractivity contribution < 1.29 is 13.6 Å². The van der Waals surface area contributed by atoms with Crippen LogP contribution in [0.2, 0.25) is 0 Å². The zero-order valence-electron chi connectivity index (χ0n) is 14.6. The fraction of sp³-hybridized carbons (Fsp3) is 0.190. The molecule has 0 radical (unpaired) electrons. The van der Waals surface area contributed by atoms with Gasteiger partial charge < -0.3 is 9.32 Å².